The summed E-state index contributed by atoms with van der Waals surface area (Å²) in [6.07, 6.45) is 0. The van der Waals surface area contributed by atoms with Gasteiger partial charge in [0.2, 0.25) is 0 Å². The molecular weight excluding hydrogens is 314 g/mol. The van der Waals surface area contributed by atoms with Crippen LogP contribution in [0.2, 0.25) is 0 Å². The van der Waals surface area contributed by atoms with Crippen LogP contribution in [0.5, 0.6) is 5.75 Å². The first-order valence-electron chi connectivity index (χ1n) is 8.26. The van der Waals surface area contributed by atoms with Crippen LogP contribution in [0.3, 0.4) is 0 Å². The first-order chi connectivity index (χ1) is 12.1. The van der Waals surface area contributed by atoms with E-state index in [0.29, 0.717) is 17.9 Å². The van der Waals surface area contributed by atoms with Gasteiger partial charge in [-0.3, -0.25) is 4.79 Å². The van der Waals surface area contributed by atoms with Crippen molar-refractivity contribution in [2.75, 3.05) is 11.9 Å². The number of nitrogens with zero attached hydrogens (tertiary/aromatic N) is 2. The van der Waals surface area contributed by atoms with Crippen molar-refractivity contribution in [1.82, 2.24) is 9.78 Å². The molecule has 25 heavy (non-hydrogen) atoms. The van der Waals surface area contributed by atoms with Crippen molar-refractivity contribution < 1.29 is 9.53 Å². The number of aromatic nitrogens is 2. The van der Waals surface area contributed by atoms with E-state index < -0.39 is 0 Å². The summed E-state index contributed by atoms with van der Waals surface area (Å²) in [5.74, 6) is 0.371. The van der Waals surface area contributed by atoms with Gasteiger partial charge >= 0.3 is 0 Å². The molecule has 2 aromatic carbocycles. The average Bonchev–Trinajstić information content (AvgIpc) is 2.91. The fourth-order valence-electron chi connectivity index (χ4n) is 2.76. The van der Waals surface area contributed by atoms with Crippen LogP contribution >= 0.6 is 0 Å². The maximum Gasteiger partial charge on any atom is 0.259 e. The van der Waals surface area contributed by atoms with Crippen LogP contribution in [0.4, 0.5) is 5.69 Å². The fraction of sp³-hybridized carbons (Fsp3) is 0.200. The molecule has 0 unspecified atom stereocenters. The number of carbonyl (C=O) groups excluding carboxylic acids is 1. The molecule has 1 N–H and O–H groups in total. The molecule has 0 bridgehead atoms. The molecule has 0 fully saturated rings. The van der Waals surface area contributed by atoms with Gasteiger partial charge < -0.3 is 10.1 Å². The minimum Gasteiger partial charge on any atom is -0.493 e. The van der Waals surface area contributed by atoms with Crippen molar-refractivity contribution in [3.8, 4) is 11.4 Å². The number of anilines is 1. The van der Waals surface area contributed by atoms with Gasteiger partial charge in [-0.2, -0.15) is 5.10 Å². The highest BCUT2D eigenvalue weighted by atomic mass is 16.5. The Labute approximate surface area is 147 Å². The highest BCUT2D eigenvalue weighted by molar-refractivity contribution is 6.06. The van der Waals surface area contributed by atoms with Crippen molar-refractivity contribution in [2.24, 2.45) is 0 Å². The predicted octanol–water partition coefficient (Wildman–Crippen LogP) is 4.14. The second-order valence-electron chi connectivity index (χ2n) is 5.68. The first-order valence-corrected chi connectivity index (χ1v) is 8.26. The van der Waals surface area contributed by atoms with Crippen molar-refractivity contribution in [1.29, 1.82) is 0 Å². The topological polar surface area (TPSA) is 56.1 Å². The number of amides is 1. The molecule has 1 heterocycles. The lowest BCUT2D eigenvalue weighted by molar-refractivity contribution is 0.102. The van der Waals surface area contributed by atoms with E-state index >= 15 is 0 Å². The van der Waals surface area contributed by atoms with Gasteiger partial charge in [0, 0.05) is 0 Å². The number of hydrogen-bond donors (Lipinski definition) is 1. The summed E-state index contributed by atoms with van der Waals surface area (Å²) < 4.78 is 7.38. The quantitative estimate of drug-likeness (QED) is 0.762. The van der Waals surface area contributed by atoms with E-state index in [-0.39, 0.29) is 5.91 Å². The van der Waals surface area contributed by atoms with Gasteiger partial charge in [-0.05, 0) is 45.0 Å². The Bertz CT molecular complexity index is 885. The smallest absolute Gasteiger partial charge is 0.259 e. The largest absolute Gasteiger partial charge is 0.493 e. The maximum absolute atomic E-state index is 12.7. The van der Waals surface area contributed by atoms with Gasteiger partial charge in [0.1, 0.15) is 5.75 Å². The summed E-state index contributed by atoms with van der Waals surface area (Å²) in [7, 11) is 0. The van der Waals surface area contributed by atoms with Gasteiger partial charge in [-0.15, -0.1) is 0 Å². The average molecular weight is 335 g/mol. The number of aryl methyl sites for hydroxylation is 1. The highest BCUT2D eigenvalue weighted by Crippen LogP contribution is 2.25. The number of benzene rings is 2. The van der Waals surface area contributed by atoms with Crippen molar-refractivity contribution in [3.63, 3.8) is 0 Å². The zero-order valence-electron chi connectivity index (χ0n) is 14.6. The number of nitrogens with one attached hydrogen (secondary N) is 1. The van der Waals surface area contributed by atoms with Crippen LogP contribution in [-0.2, 0) is 0 Å². The number of ether oxygens (including phenoxy) is 1. The SMILES string of the molecule is CCOc1ccccc1C(=O)Nc1c(C)nn(-c2ccccc2)c1C. The van der Waals surface area contributed by atoms with Gasteiger partial charge in [0.05, 0.1) is 34.9 Å². The second kappa shape index (κ2) is 7.21. The van der Waals surface area contributed by atoms with Crippen LogP contribution in [0.25, 0.3) is 5.69 Å². The number of para-hydroxylation sites is 2. The van der Waals surface area contributed by atoms with Crippen molar-refractivity contribution in [3.05, 3.63) is 71.5 Å². The molecule has 0 spiro atoms. The first kappa shape index (κ1) is 16.8. The van der Waals surface area contributed by atoms with Crippen molar-refractivity contribution in [2.45, 2.75) is 20.8 Å². The van der Waals surface area contributed by atoms with E-state index in [1.807, 2.05) is 67.9 Å². The van der Waals surface area contributed by atoms with E-state index in [1.54, 1.807) is 12.1 Å². The Morgan fingerprint density at radius 1 is 1.08 bits per heavy atom. The molecule has 0 aliphatic heterocycles. The summed E-state index contributed by atoms with van der Waals surface area (Å²) in [5, 5.41) is 7.54. The molecule has 0 aliphatic rings. The molecule has 3 rings (SSSR count). The Hall–Kier alpha value is -3.08. The summed E-state index contributed by atoms with van der Waals surface area (Å²) in [6, 6.07) is 17.1. The fourth-order valence-corrected chi connectivity index (χ4v) is 2.76. The number of hydrogen-bond acceptors (Lipinski definition) is 3. The van der Waals surface area contributed by atoms with E-state index in [9.17, 15) is 4.79 Å². The van der Waals surface area contributed by atoms with Gasteiger partial charge in [0.25, 0.3) is 5.91 Å². The molecule has 5 nitrogen and oxygen atoms in total. The van der Waals surface area contributed by atoms with Crippen LogP contribution in [0.15, 0.2) is 54.6 Å². The predicted molar refractivity (Wildman–Crippen MR) is 98.6 cm³/mol. The standard InChI is InChI=1S/C20H21N3O2/c1-4-25-18-13-9-8-12-17(18)20(24)21-19-14(2)22-23(15(19)3)16-10-6-5-7-11-16/h5-13H,4H2,1-3H3,(H,21,24). The molecule has 0 radical (unpaired) electrons. The zero-order valence-corrected chi connectivity index (χ0v) is 14.6. The van der Waals surface area contributed by atoms with E-state index in [1.165, 1.54) is 0 Å². The molecule has 5 heteroatoms. The maximum atomic E-state index is 12.7. The highest BCUT2D eigenvalue weighted by Gasteiger charge is 2.18. The van der Waals surface area contributed by atoms with Crippen LogP contribution in [0, 0.1) is 13.8 Å². The molecule has 3 aromatic rings. The monoisotopic (exact) mass is 335 g/mol. The summed E-state index contributed by atoms with van der Waals surface area (Å²) in [6.45, 7) is 6.23. The van der Waals surface area contributed by atoms with Gasteiger partial charge in [0.15, 0.2) is 0 Å². The molecule has 0 atom stereocenters. The third-order valence-corrected chi connectivity index (χ3v) is 3.96. The van der Waals surface area contributed by atoms with E-state index in [4.69, 9.17) is 4.74 Å². The Morgan fingerprint density at radius 3 is 2.48 bits per heavy atom. The summed E-state index contributed by atoms with van der Waals surface area (Å²) in [4.78, 5) is 12.7. The lowest BCUT2D eigenvalue weighted by Gasteiger charge is -2.11. The lowest BCUT2D eigenvalue weighted by atomic mass is 10.1. The third-order valence-electron chi connectivity index (χ3n) is 3.96. The Morgan fingerprint density at radius 2 is 1.76 bits per heavy atom. The zero-order chi connectivity index (χ0) is 17.8. The molecule has 128 valence electrons. The minimum atomic E-state index is -0.206. The Balaban J connectivity index is 1.92. The van der Waals surface area contributed by atoms with Crippen LogP contribution in [0.1, 0.15) is 28.7 Å². The minimum absolute atomic E-state index is 0.206. The molecule has 0 saturated carbocycles. The van der Waals surface area contributed by atoms with Gasteiger partial charge in [-0.1, -0.05) is 30.3 Å². The number of carbonyl (C=O) groups is 1. The molecule has 1 aromatic heterocycles. The normalized spacial score (nSPS) is 10.5. The third kappa shape index (κ3) is 3.40. The number of rotatable bonds is 5. The molecule has 1 amide bonds. The molecule has 0 aliphatic carbocycles. The second-order valence-corrected chi connectivity index (χ2v) is 5.68. The van der Waals surface area contributed by atoms with Gasteiger partial charge in [-0.25, -0.2) is 4.68 Å². The lowest BCUT2D eigenvalue weighted by Crippen LogP contribution is -2.14. The van der Waals surface area contributed by atoms with Crippen LogP contribution in [-0.4, -0.2) is 22.3 Å². The van der Waals surface area contributed by atoms with Crippen molar-refractivity contribution >= 4 is 11.6 Å². The molecule has 0 saturated heterocycles. The van der Waals surface area contributed by atoms with Crippen LogP contribution < -0.4 is 10.1 Å². The Kier molecular flexibility index (Phi) is 4.84. The summed E-state index contributed by atoms with van der Waals surface area (Å²) in [5.41, 5.74) is 3.84. The molecular formula is C20H21N3O2. The van der Waals surface area contributed by atoms with E-state index in [0.717, 1.165) is 22.8 Å². The van der Waals surface area contributed by atoms with E-state index in [2.05, 4.69) is 10.4 Å². The summed E-state index contributed by atoms with van der Waals surface area (Å²) >= 11 is 0.